The van der Waals surface area contributed by atoms with Gasteiger partial charge in [-0.25, -0.2) is 0 Å². The first-order valence-electron chi connectivity index (χ1n) is 6.31. The van der Waals surface area contributed by atoms with Gasteiger partial charge in [0, 0.05) is 17.3 Å². The van der Waals surface area contributed by atoms with Gasteiger partial charge in [0.2, 0.25) is 5.91 Å². The molecule has 0 radical (unpaired) electrons. The van der Waals surface area contributed by atoms with E-state index in [-0.39, 0.29) is 5.91 Å². The Morgan fingerprint density at radius 2 is 2.22 bits per heavy atom. The Balaban J connectivity index is 2.06. The molecule has 1 aliphatic heterocycles. The molecule has 0 bridgehead atoms. The van der Waals surface area contributed by atoms with Crippen molar-refractivity contribution in [1.82, 2.24) is 0 Å². The van der Waals surface area contributed by atoms with E-state index in [0.29, 0.717) is 17.4 Å². The quantitative estimate of drug-likeness (QED) is 0.819. The van der Waals surface area contributed by atoms with Gasteiger partial charge in [0.25, 0.3) is 0 Å². The highest BCUT2D eigenvalue weighted by atomic mass is 35.5. The van der Waals surface area contributed by atoms with E-state index >= 15 is 0 Å². The number of thiol groups is 1. The molecule has 1 amide bonds. The first-order chi connectivity index (χ1) is 8.61. The third-order valence-corrected chi connectivity index (χ3v) is 3.94. The maximum absolute atomic E-state index is 12.0. The van der Waals surface area contributed by atoms with Crippen LogP contribution in [0.15, 0.2) is 18.2 Å². The number of hydrogen-bond acceptors (Lipinski definition) is 2. The molecular formula is C14H18ClNOS. The van der Waals surface area contributed by atoms with E-state index in [1.807, 2.05) is 23.1 Å². The summed E-state index contributed by atoms with van der Waals surface area (Å²) in [5.41, 5.74) is 2.08. The fourth-order valence-electron chi connectivity index (χ4n) is 2.29. The lowest BCUT2D eigenvalue weighted by Crippen LogP contribution is -2.28. The van der Waals surface area contributed by atoms with Crippen molar-refractivity contribution in [2.75, 3.05) is 17.2 Å². The number of carbonyl (C=O) groups excluding carboxylic acids is 1. The number of fused-ring (bicyclic) bond motifs is 1. The normalized spacial score (nSPS) is 15.9. The summed E-state index contributed by atoms with van der Waals surface area (Å²) >= 11 is 10.2. The second-order valence-electron chi connectivity index (χ2n) is 4.90. The van der Waals surface area contributed by atoms with Gasteiger partial charge >= 0.3 is 0 Å². The summed E-state index contributed by atoms with van der Waals surface area (Å²) in [6.07, 6.45) is 2.61. The topological polar surface area (TPSA) is 20.3 Å². The lowest BCUT2D eigenvalue weighted by Gasteiger charge is -2.20. The minimum absolute atomic E-state index is 0.186. The number of carbonyl (C=O) groups is 1. The van der Waals surface area contributed by atoms with Crippen LogP contribution in [0, 0.1) is 5.92 Å². The predicted octanol–water partition coefficient (Wildman–Crippen LogP) is 3.58. The number of benzene rings is 1. The molecule has 0 N–H and O–H groups in total. The SMILES string of the molecule is CC(CCS)CCN1C(=O)Cc2ccc(Cl)cc21. The first kappa shape index (κ1) is 13.8. The zero-order valence-electron chi connectivity index (χ0n) is 10.5. The molecule has 1 heterocycles. The number of amides is 1. The van der Waals surface area contributed by atoms with Crippen LogP contribution >= 0.6 is 24.2 Å². The Hall–Kier alpha value is -0.670. The van der Waals surface area contributed by atoms with E-state index in [4.69, 9.17) is 11.6 Å². The van der Waals surface area contributed by atoms with Gasteiger partial charge < -0.3 is 4.90 Å². The molecule has 0 aliphatic carbocycles. The Bertz CT molecular complexity index is 449. The fourth-order valence-corrected chi connectivity index (χ4v) is 2.90. The number of hydrogen-bond donors (Lipinski definition) is 1. The highest BCUT2D eigenvalue weighted by Crippen LogP contribution is 2.32. The Kier molecular flexibility index (Phi) is 4.57. The number of nitrogens with zero attached hydrogens (tertiary/aromatic N) is 1. The molecule has 98 valence electrons. The average Bonchev–Trinajstić information content (AvgIpc) is 2.62. The lowest BCUT2D eigenvalue weighted by atomic mass is 10.0. The van der Waals surface area contributed by atoms with Crippen LogP contribution in [-0.4, -0.2) is 18.2 Å². The van der Waals surface area contributed by atoms with Crippen LogP contribution in [0.4, 0.5) is 5.69 Å². The summed E-state index contributed by atoms with van der Waals surface area (Å²) < 4.78 is 0. The summed E-state index contributed by atoms with van der Waals surface area (Å²) in [6, 6.07) is 5.69. The van der Waals surface area contributed by atoms with Crippen molar-refractivity contribution < 1.29 is 4.79 Å². The molecule has 0 aromatic heterocycles. The Morgan fingerprint density at radius 3 is 2.94 bits per heavy atom. The van der Waals surface area contributed by atoms with Crippen LogP contribution in [0.25, 0.3) is 0 Å². The molecule has 1 aromatic carbocycles. The smallest absolute Gasteiger partial charge is 0.231 e. The molecule has 2 rings (SSSR count). The number of rotatable bonds is 5. The minimum atomic E-state index is 0.186. The van der Waals surface area contributed by atoms with Crippen molar-refractivity contribution in [3.63, 3.8) is 0 Å². The van der Waals surface area contributed by atoms with E-state index in [2.05, 4.69) is 19.6 Å². The molecule has 1 unspecified atom stereocenters. The van der Waals surface area contributed by atoms with Gasteiger partial charge in [0.05, 0.1) is 6.42 Å². The van der Waals surface area contributed by atoms with E-state index < -0.39 is 0 Å². The van der Waals surface area contributed by atoms with Gasteiger partial charge in [-0.15, -0.1) is 0 Å². The van der Waals surface area contributed by atoms with Gasteiger partial charge in [-0.1, -0.05) is 24.6 Å². The molecule has 1 atom stereocenters. The van der Waals surface area contributed by atoms with Crippen molar-refractivity contribution >= 4 is 35.8 Å². The molecule has 0 saturated carbocycles. The predicted molar refractivity (Wildman–Crippen MR) is 79.8 cm³/mol. The number of anilines is 1. The van der Waals surface area contributed by atoms with Gasteiger partial charge in [-0.2, -0.15) is 12.6 Å². The van der Waals surface area contributed by atoms with Crippen molar-refractivity contribution in [3.05, 3.63) is 28.8 Å². The number of halogens is 1. The fraction of sp³-hybridized carbons (Fsp3) is 0.500. The highest BCUT2D eigenvalue weighted by molar-refractivity contribution is 7.80. The Labute approximate surface area is 119 Å². The molecule has 0 fully saturated rings. The van der Waals surface area contributed by atoms with Crippen LogP contribution in [0.3, 0.4) is 0 Å². The van der Waals surface area contributed by atoms with Gasteiger partial charge in [0.15, 0.2) is 0 Å². The third kappa shape index (κ3) is 3.01. The van der Waals surface area contributed by atoms with Gasteiger partial charge in [-0.05, 0) is 42.2 Å². The Morgan fingerprint density at radius 1 is 1.44 bits per heavy atom. The van der Waals surface area contributed by atoms with Crippen LogP contribution in [0.2, 0.25) is 5.02 Å². The monoisotopic (exact) mass is 283 g/mol. The maximum atomic E-state index is 12.0. The molecule has 1 aromatic rings. The second kappa shape index (κ2) is 5.98. The summed E-state index contributed by atoms with van der Waals surface area (Å²) in [5, 5.41) is 0.692. The zero-order valence-corrected chi connectivity index (χ0v) is 12.2. The van der Waals surface area contributed by atoms with Crippen LogP contribution in [0.1, 0.15) is 25.3 Å². The molecule has 2 nitrogen and oxygen atoms in total. The van der Waals surface area contributed by atoms with E-state index in [1.54, 1.807) is 0 Å². The lowest BCUT2D eigenvalue weighted by molar-refractivity contribution is -0.117. The van der Waals surface area contributed by atoms with Crippen molar-refractivity contribution in [2.45, 2.75) is 26.2 Å². The zero-order chi connectivity index (χ0) is 13.1. The van der Waals surface area contributed by atoms with E-state index in [1.165, 1.54) is 0 Å². The van der Waals surface area contributed by atoms with Crippen molar-refractivity contribution in [1.29, 1.82) is 0 Å². The minimum Gasteiger partial charge on any atom is -0.312 e. The van der Waals surface area contributed by atoms with E-state index in [0.717, 1.165) is 36.4 Å². The average molecular weight is 284 g/mol. The maximum Gasteiger partial charge on any atom is 0.231 e. The molecule has 0 saturated heterocycles. The summed E-state index contributed by atoms with van der Waals surface area (Å²) in [6.45, 7) is 2.98. The van der Waals surface area contributed by atoms with Crippen molar-refractivity contribution in [3.8, 4) is 0 Å². The molecule has 1 aliphatic rings. The molecule has 0 spiro atoms. The largest absolute Gasteiger partial charge is 0.312 e. The summed E-state index contributed by atoms with van der Waals surface area (Å²) in [5.74, 6) is 1.68. The third-order valence-electron chi connectivity index (χ3n) is 3.45. The second-order valence-corrected chi connectivity index (χ2v) is 5.78. The van der Waals surface area contributed by atoms with Crippen LogP contribution in [-0.2, 0) is 11.2 Å². The standard InChI is InChI=1S/C14H18ClNOS/c1-10(5-7-18)4-6-16-13-9-12(15)3-2-11(13)8-14(16)17/h2-3,9-10,18H,4-8H2,1H3. The summed E-state index contributed by atoms with van der Waals surface area (Å²) in [4.78, 5) is 13.9. The van der Waals surface area contributed by atoms with Crippen molar-refractivity contribution in [2.24, 2.45) is 5.92 Å². The molecule has 18 heavy (non-hydrogen) atoms. The van der Waals surface area contributed by atoms with E-state index in [9.17, 15) is 4.79 Å². The molecule has 4 heteroatoms. The highest BCUT2D eigenvalue weighted by Gasteiger charge is 2.27. The summed E-state index contributed by atoms with van der Waals surface area (Å²) in [7, 11) is 0. The van der Waals surface area contributed by atoms with Crippen LogP contribution < -0.4 is 4.90 Å². The van der Waals surface area contributed by atoms with Gasteiger partial charge in [-0.3, -0.25) is 4.79 Å². The first-order valence-corrected chi connectivity index (χ1v) is 7.32. The molecular weight excluding hydrogens is 266 g/mol. The van der Waals surface area contributed by atoms with Crippen LogP contribution in [0.5, 0.6) is 0 Å². The van der Waals surface area contributed by atoms with Gasteiger partial charge in [0.1, 0.15) is 0 Å².